The first-order chi connectivity index (χ1) is 16.8. The monoisotopic (exact) mass is 482 g/mol. The first kappa shape index (κ1) is 25.5. The molecular formula is C32H50O3. The van der Waals surface area contributed by atoms with Gasteiger partial charge in [0.05, 0.1) is 5.92 Å². The number of hydrogen-bond donors (Lipinski definition) is 0. The highest BCUT2D eigenvalue weighted by Gasteiger charge is 2.60. The van der Waals surface area contributed by atoms with Gasteiger partial charge in [0.15, 0.2) is 5.78 Å². The molecule has 5 rings (SSSR count). The lowest BCUT2D eigenvalue weighted by atomic mass is 9.47. The van der Waals surface area contributed by atoms with Crippen molar-refractivity contribution in [2.45, 2.75) is 136 Å². The second kappa shape index (κ2) is 10.3. The van der Waals surface area contributed by atoms with E-state index in [0.29, 0.717) is 17.6 Å². The third-order valence-corrected chi connectivity index (χ3v) is 11.8. The molecule has 5 aliphatic carbocycles. The third kappa shape index (κ3) is 4.79. The maximum Gasteiger partial charge on any atom is 0.309 e. The molecule has 0 aliphatic heterocycles. The Kier molecular flexibility index (Phi) is 7.53. The fourth-order valence-corrected chi connectivity index (χ4v) is 9.49. The molecule has 0 aromatic carbocycles. The molecule has 35 heavy (non-hydrogen) atoms. The van der Waals surface area contributed by atoms with Crippen LogP contribution in [0.25, 0.3) is 0 Å². The number of ketones is 1. The van der Waals surface area contributed by atoms with Crippen molar-refractivity contribution < 1.29 is 14.3 Å². The highest BCUT2D eigenvalue weighted by atomic mass is 16.5. The molecule has 5 aliphatic rings. The van der Waals surface area contributed by atoms with Crippen molar-refractivity contribution in [2.24, 2.45) is 40.4 Å². The molecule has 0 saturated heterocycles. The normalized spacial score (nSPS) is 43.1. The highest BCUT2D eigenvalue weighted by Crippen LogP contribution is 2.65. The summed E-state index contributed by atoms with van der Waals surface area (Å²) in [7, 11) is 0. The first-order valence-electron chi connectivity index (χ1n) is 15.3. The van der Waals surface area contributed by atoms with Crippen LogP contribution in [0.5, 0.6) is 0 Å². The SMILES string of the molecule is CCCCCCC1CCC(C(=O)O[C@H]2CC[C@H]3[C@@H]4CCC5=CC(=O)CC[C@]5(C)[C@H]4CC[C@]23C)CC1. The summed E-state index contributed by atoms with van der Waals surface area (Å²) in [6, 6.07) is 0. The summed E-state index contributed by atoms with van der Waals surface area (Å²) >= 11 is 0. The average Bonchev–Trinajstić information content (AvgIpc) is 3.18. The van der Waals surface area contributed by atoms with E-state index < -0.39 is 0 Å². The fraction of sp³-hybridized carbons (Fsp3) is 0.875. The number of allylic oxidation sites excluding steroid dienone is 1. The third-order valence-electron chi connectivity index (χ3n) is 11.8. The lowest BCUT2D eigenvalue weighted by molar-refractivity contribution is -0.166. The van der Waals surface area contributed by atoms with E-state index in [2.05, 4.69) is 20.8 Å². The van der Waals surface area contributed by atoms with Gasteiger partial charge in [-0.15, -0.1) is 0 Å². The topological polar surface area (TPSA) is 43.4 Å². The van der Waals surface area contributed by atoms with Crippen LogP contribution in [-0.4, -0.2) is 17.9 Å². The van der Waals surface area contributed by atoms with Gasteiger partial charge < -0.3 is 4.74 Å². The van der Waals surface area contributed by atoms with Crippen molar-refractivity contribution in [3.63, 3.8) is 0 Å². The summed E-state index contributed by atoms with van der Waals surface area (Å²) in [4.78, 5) is 25.4. The van der Waals surface area contributed by atoms with Gasteiger partial charge in [-0.1, -0.05) is 58.4 Å². The van der Waals surface area contributed by atoms with E-state index in [9.17, 15) is 9.59 Å². The summed E-state index contributed by atoms with van der Waals surface area (Å²) < 4.78 is 6.40. The number of fused-ring (bicyclic) bond motifs is 5. The summed E-state index contributed by atoms with van der Waals surface area (Å²) in [6.07, 6.45) is 22.2. The van der Waals surface area contributed by atoms with E-state index >= 15 is 0 Å². The Bertz CT molecular complexity index is 821. The fourth-order valence-electron chi connectivity index (χ4n) is 9.49. The molecule has 0 N–H and O–H groups in total. The van der Waals surface area contributed by atoms with Gasteiger partial charge in [0.25, 0.3) is 0 Å². The number of rotatable bonds is 7. The lowest BCUT2D eigenvalue weighted by Crippen LogP contribution is -2.51. The van der Waals surface area contributed by atoms with Crippen molar-refractivity contribution in [3.05, 3.63) is 11.6 Å². The van der Waals surface area contributed by atoms with Gasteiger partial charge in [0.1, 0.15) is 6.10 Å². The van der Waals surface area contributed by atoms with Gasteiger partial charge in [-0.25, -0.2) is 0 Å². The van der Waals surface area contributed by atoms with E-state index in [1.807, 2.05) is 6.08 Å². The van der Waals surface area contributed by atoms with Gasteiger partial charge in [-0.3, -0.25) is 9.59 Å². The van der Waals surface area contributed by atoms with E-state index in [0.717, 1.165) is 50.4 Å². The molecular weight excluding hydrogens is 432 g/mol. The zero-order chi connectivity index (χ0) is 24.6. The largest absolute Gasteiger partial charge is 0.462 e. The van der Waals surface area contributed by atoms with Crippen molar-refractivity contribution in [1.29, 1.82) is 0 Å². The van der Waals surface area contributed by atoms with Crippen molar-refractivity contribution >= 4 is 11.8 Å². The molecule has 0 bridgehead atoms. The zero-order valence-electron chi connectivity index (χ0n) is 22.8. The van der Waals surface area contributed by atoms with Gasteiger partial charge in [-0.05, 0) is 106 Å². The minimum atomic E-state index is 0.116. The molecule has 0 heterocycles. The second-order valence-electron chi connectivity index (χ2n) is 13.6. The molecule has 3 heteroatoms. The van der Waals surface area contributed by atoms with E-state index in [1.165, 1.54) is 76.2 Å². The Morgan fingerprint density at radius 2 is 1.71 bits per heavy atom. The summed E-state index contributed by atoms with van der Waals surface area (Å²) in [5.41, 5.74) is 1.82. The number of ether oxygens (including phenoxy) is 1. The van der Waals surface area contributed by atoms with E-state index in [1.54, 1.807) is 0 Å². The lowest BCUT2D eigenvalue weighted by Gasteiger charge is -2.57. The predicted octanol–water partition coefficient (Wildman–Crippen LogP) is 8.21. The number of unbranched alkanes of at least 4 members (excludes halogenated alkanes) is 3. The van der Waals surface area contributed by atoms with Gasteiger partial charge in [0.2, 0.25) is 0 Å². The van der Waals surface area contributed by atoms with E-state index in [-0.39, 0.29) is 28.8 Å². The van der Waals surface area contributed by atoms with Crippen LogP contribution in [-0.2, 0) is 14.3 Å². The van der Waals surface area contributed by atoms with Crippen LogP contribution < -0.4 is 0 Å². The Labute approximate surface area is 214 Å². The summed E-state index contributed by atoms with van der Waals surface area (Å²) in [5, 5.41) is 0. The van der Waals surface area contributed by atoms with Crippen molar-refractivity contribution in [1.82, 2.24) is 0 Å². The van der Waals surface area contributed by atoms with Crippen LogP contribution in [0.1, 0.15) is 130 Å². The molecule has 0 amide bonds. The van der Waals surface area contributed by atoms with Gasteiger partial charge in [-0.2, -0.15) is 0 Å². The van der Waals surface area contributed by atoms with Crippen LogP contribution >= 0.6 is 0 Å². The average molecular weight is 483 g/mol. The van der Waals surface area contributed by atoms with Crippen LogP contribution in [0, 0.1) is 40.4 Å². The maximum atomic E-state index is 13.3. The molecule has 196 valence electrons. The number of hydrogen-bond acceptors (Lipinski definition) is 3. The smallest absolute Gasteiger partial charge is 0.309 e. The molecule has 0 radical (unpaired) electrons. The molecule has 4 fully saturated rings. The summed E-state index contributed by atoms with van der Waals surface area (Å²) in [5.74, 6) is 3.55. The Morgan fingerprint density at radius 1 is 0.914 bits per heavy atom. The molecule has 0 aromatic heterocycles. The minimum Gasteiger partial charge on any atom is -0.462 e. The summed E-state index contributed by atoms with van der Waals surface area (Å²) in [6.45, 7) is 7.18. The van der Waals surface area contributed by atoms with E-state index in [4.69, 9.17) is 4.74 Å². The van der Waals surface area contributed by atoms with Gasteiger partial charge >= 0.3 is 5.97 Å². The van der Waals surface area contributed by atoms with Crippen molar-refractivity contribution in [2.75, 3.05) is 0 Å². The number of esters is 1. The minimum absolute atomic E-state index is 0.116. The molecule has 3 nitrogen and oxygen atoms in total. The Morgan fingerprint density at radius 3 is 2.49 bits per heavy atom. The van der Waals surface area contributed by atoms with Gasteiger partial charge in [0, 0.05) is 11.8 Å². The second-order valence-corrected chi connectivity index (χ2v) is 13.6. The van der Waals surface area contributed by atoms with Crippen LogP contribution in [0.15, 0.2) is 11.6 Å². The van der Waals surface area contributed by atoms with Crippen LogP contribution in [0.2, 0.25) is 0 Å². The molecule has 0 spiro atoms. The maximum absolute atomic E-state index is 13.3. The van der Waals surface area contributed by atoms with Crippen molar-refractivity contribution in [3.8, 4) is 0 Å². The predicted molar refractivity (Wildman–Crippen MR) is 141 cm³/mol. The number of carbonyl (C=O) groups is 2. The highest BCUT2D eigenvalue weighted by molar-refractivity contribution is 5.91. The Hall–Kier alpha value is -1.12. The molecule has 4 saturated carbocycles. The Balaban J connectivity index is 1.17. The zero-order valence-corrected chi connectivity index (χ0v) is 22.8. The number of carbonyl (C=O) groups excluding carboxylic acids is 2. The quantitative estimate of drug-likeness (QED) is 0.271. The standard InChI is InChI=1S/C32H50O3/c1-4-5-6-7-8-22-9-11-23(12-10-22)30(34)35-29-16-15-27-26-14-13-24-21-25(33)17-19-31(24,2)28(26)18-20-32(27,29)3/h21-23,26-29H,4-20H2,1-3H3/t22?,23?,26-,27-,28-,29-,31-,32-/m0/s1. The molecule has 0 unspecified atom stereocenters. The molecule has 6 atom stereocenters. The molecule has 0 aromatic rings. The van der Waals surface area contributed by atoms with Crippen LogP contribution in [0.4, 0.5) is 0 Å². The first-order valence-corrected chi connectivity index (χ1v) is 15.3. The van der Waals surface area contributed by atoms with Crippen LogP contribution in [0.3, 0.4) is 0 Å².